The monoisotopic (exact) mass is 238 g/mol. The van der Waals surface area contributed by atoms with Gasteiger partial charge in [-0.25, -0.2) is 0 Å². The van der Waals surface area contributed by atoms with Crippen LogP contribution in [0.15, 0.2) is 30.6 Å². The average Bonchev–Trinajstić information content (AvgIpc) is 2.22. The van der Waals surface area contributed by atoms with Crippen LogP contribution in [0, 0.1) is 6.92 Å². The van der Waals surface area contributed by atoms with Crippen molar-refractivity contribution in [2.75, 3.05) is 0 Å². The summed E-state index contributed by atoms with van der Waals surface area (Å²) in [6.07, 6.45) is 3.31. The Kier molecular flexibility index (Phi) is 2.89. The van der Waals surface area contributed by atoms with Crippen LogP contribution in [0.25, 0.3) is 11.4 Å². The molecule has 0 spiro atoms. The van der Waals surface area contributed by atoms with Gasteiger partial charge in [0.25, 0.3) is 0 Å². The molecule has 0 unspecified atom stereocenters. The zero-order chi connectivity index (χ0) is 10.8. The molecule has 2 rings (SSSR count). The second-order valence-electron chi connectivity index (χ2n) is 3.13. The lowest BCUT2D eigenvalue weighted by atomic mass is 10.1. The lowest BCUT2D eigenvalue weighted by molar-refractivity contribution is 1.21. The Balaban J connectivity index is 2.59. The zero-order valence-corrected chi connectivity index (χ0v) is 9.55. The van der Waals surface area contributed by atoms with E-state index in [4.69, 9.17) is 23.2 Å². The van der Waals surface area contributed by atoms with E-state index >= 15 is 0 Å². The van der Waals surface area contributed by atoms with E-state index in [1.54, 1.807) is 30.6 Å². The van der Waals surface area contributed by atoms with Gasteiger partial charge in [0, 0.05) is 22.4 Å². The van der Waals surface area contributed by atoms with Gasteiger partial charge in [-0.1, -0.05) is 23.2 Å². The predicted molar refractivity (Wildman–Crippen MR) is 62.2 cm³/mol. The second kappa shape index (κ2) is 4.17. The normalized spacial score (nSPS) is 10.3. The summed E-state index contributed by atoms with van der Waals surface area (Å²) in [5.41, 5.74) is 2.42. The maximum absolute atomic E-state index is 6.00. The van der Waals surface area contributed by atoms with Gasteiger partial charge in [-0.2, -0.15) is 0 Å². The number of rotatable bonds is 1. The summed E-state index contributed by atoms with van der Waals surface area (Å²) in [5, 5.41) is 1.32. The molecule has 0 atom stereocenters. The Morgan fingerprint density at radius 1 is 1.07 bits per heavy atom. The Hall–Kier alpha value is -1.12. The van der Waals surface area contributed by atoms with Crippen molar-refractivity contribution in [3.63, 3.8) is 0 Å². The summed E-state index contributed by atoms with van der Waals surface area (Å²) in [4.78, 5) is 8.45. The van der Waals surface area contributed by atoms with Crippen molar-refractivity contribution in [3.8, 4) is 11.4 Å². The number of pyridine rings is 2. The van der Waals surface area contributed by atoms with Crippen molar-refractivity contribution in [1.29, 1.82) is 0 Å². The first kappa shape index (κ1) is 10.4. The minimum absolute atomic E-state index is 0.640. The summed E-state index contributed by atoms with van der Waals surface area (Å²) in [6.45, 7) is 1.91. The van der Waals surface area contributed by atoms with Crippen LogP contribution in [0.4, 0.5) is 0 Å². The van der Waals surface area contributed by atoms with Gasteiger partial charge in [-0.05, 0) is 30.7 Å². The molecule has 2 aromatic heterocycles. The van der Waals surface area contributed by atoms with Gasteiger partial charge in [-0.15, -0.1) is 0 Å². The summed E-state index contributed by atoms with van der Waals surface area (Å²) in [7, 11) is 0. The summed E-state index contributed by atoms with van der Waals surface area (Å²) >= 11 is 11.9. The molecule has 15 heavy (non-hydrogen) atoms. The Morgan fingerprint density at radius 3 is 2.53 bits per heavy atom. The van der Waals surface area contributed by atoms with Crippen LogP contribution in [0.2, 0.25) is 10.0 Å². The van der Waals surface area contributed by atoms with Gasteiger partial charge in [-0.3, -0.25) is 9.97 Å². The van der Waals surface area contributed by atoms with Gasteiger partial charge in [0.1, 0.15) is 0 Å². The quantitative estimate of drug-likeness (QED) is 0.757. The maximum atomic E-state index is 6.00. The van der Waals surface area contributed by atoms with E-state index in [9.17, 15) is 0 Å². The zero-order valence-electron chi connectivity index (χ0n) is 8.04. The Labute approximate surface area is 97.9 Å². The molecule has 2 heterocycles. The van der Waals surface area contributed by atoms with Crippen LogP contribution in [0.3, 0.4) is 0 Å². The third kappa shape index (κ3) is 2.11. The molecule has 0 saturated heterocycles. The molecule has 76 valence electrons. The molecule has 0 aliphatic rings. The largest absolute Gasteiger partial charge is 0.254 e. The third-order valence-corrected chi connectivity index (χ3v) is 2.75. The fourth-order valence-electron chi connectivity index (χ4n) is 1.30. The molecule has 0 radical (unpaired) electrons. The average molecular weight is 239 g/mol. The second-order valence-corrected chi connectivity index (χ2v) is 3.97. The first-order valence-corrected chi connectivity index (χ1v) is 5.17. The van der Waals surface area contributed by atoms with E-state index in [0.717, 1.165) is 17.0 Å². The van der Waals surface area contributed by atoms with E-state index in [1.807, 2.05) is 6.92 Å². The lowest BCUT2D eigenvalue weighted by Crippen LogP contribution is -1.91. The van der Waals surface area contributed by atoms with E-state index < -0.39 is 0 Å². The van der Waals surface area contributed by atoms with Crippen molar-refractivity contribution >= 4 is 23.2 Å². The number of nitrogens with zero attached hydrogens (tertiary/aromatic N) is 2. The van der Waals surface area contributed by atoms with Crippen LogP contribution in [-0.2, 0) is 0 Å². The van der Waals surface area contributed by atoms with Crippen molar-refractivity contribution in [1.82, 2.24) is 9.97 Å². The third-order valence-electron chi connectivity index (χ3n) is 2.10. The fourth-order valence-corrected chi connectivity index (χ4v) is 1.61. The minimum Gasteiger partial charge on any atom is -0.254 e. The predicted octanol–water partition coefficient (Wildman–Crippen LogP) is 3.76. The molecule has 0 fully saturated rings. The molecule has 0 aromatic carbocycles. The van der Waals surface area contributed by atoms with Crippen LogP contribution in [0.1, 0.15) is 5.56 Å². The highest BCUT2D eigenvalue weighted by Gasteiger charge is 2.07. The van der Waals surface area contributed by atoms with Gasteiger partial charge >= 0.3 is 0 Å². The lowest BCUT2D eigenvalue weighted by Gasteiger charge is -2.05. The highest BCUT2D eigenvalue weighted by molar-refractivity contribution is 6.32. The van der Waals surface area contributed by atoms with Crippen LogP contribution >= 0.6 is 23.2 Å². The van der Waals surface area contributed by atoms with Crippen molar-refractivity contribution in [3.05, 3.63) is 46.2 Å². The first-order chi connectivity index (χ1) is 7.18. The highest BCUT2D eigenvalue weighted by Crippen LogP contribution is 2.25. The Morgan fingerprint density at radius 2 is 1.80 bits per heavy atom. The van der Waals surface area contributed by atoms with Gasteiger partial charge in [0.2, 0.25) is 0 Å². The summed E-state index contributed by atoms with van der Waals surface area (Å²) < 4.78 is 0. The molecule has 2 nitrogen and oxygen atoms in total. The molecule has 0 bridgehead atoms. The van der Waals surface area contributed by atoms with Gasteiger partial charge in [0.05, 0.1) is 11.4 Å². The smallest absolute Gasteiger partial charge is 0.0930 e. The van der Waals surface area contributed by atoms with Crippen LogP contribution < -0.4 is 0 Å². The number of halogens is 2. The highest BCUT2D eigenvalue weighted by atomic mass is 35.5. The van der Waals surface area contributed by atoms with E-state index in [0.29, 0.717) is 10.0 Å². The molecular formula is C11H8Cl2N2. The Bertz CT molecular complexity index is 498. The van der Waals surface area contributed by atoms with E-state index in [-0.39, 0.29) is 0 Å². The number of aromatic nitrogens is 2. The molecule has 0 aliphatic heterocycles. The summed E-state index contributed by atoms with van der Waals surface area (Å²) in [5.74, 6) is 0. The number of hydrogen-bond acceptors (Lipinski definition) is 2. The molecule has 0 aliphatic carbocycles. The SMILES string of the molecule is Cc1c(Cl)ccnc1-c1cc(Cl)ccn1. The van der Waals surface area contributed by atoms with Crippen LogP contribution in [0.5, 0.6) is 0 Å². The van der Waals surface area contributed by atoms with E-state index in [1.165, 1.54) is 0 Å². The van der Waals surface area contributed by atoms with E-state index in [2.05, 4.69) is 9.97 Å². The first-order valence-electron chi connectivity index (χ1n) is 4.41. The van der Waals surface area contributed by atoms with Crippen molar-refractivity contribution in [2.24, 2.45) is 0 Å². The topological polar surface area (TPSA) is 25.8 Å². The molecule has 0 saturated carbocycles. The fraction of sp³-hybridized carbons (Fsp3) is 0.0909. The minimum atomic E-state index is 0.640. The van der Waals surface area contributed by atoms with Crippen LogP contribution in [-0.4, -0.2) is 9.97 Å². The van der Waals surface area contributed by atoms with Gasteiger partial charge in [0.15, 0.2) is 0 Å². The molecule has 0 N–H and O–H groups in total. The molecule has 2 aromatic rings. The van der Waals surface area contributed by atoms with Crippen molar-refractivity contribution < 1.29 is 0 Å². The standard InChI is InChI=1S/C11H8Cl2N2/c1-7-9(13)3-5-15-11(7)10-6-8(12)2-4-14-10/h2-6H,1H3. The summed E-state index contributed by atoms with van der Waals surface area (Å²) in [6, 6.07) is 5.25. The van der Waals surface area contributed by atoms with Gasteiger partial charge < -0.3 is 0 Å². The number of hydrogen-bond donors (Lipinski definition) is 0. The maximum Gasteiger partial charge on any atom is 0.0930 e. The molecule has 0 amide bonds. The molecule has 4 heteroatoms. The molecular weight excluding hydrogens is 231 g/mol. The van der Waals surface area contributed by atoms with Crippen molar-refractivity contribution in [2.45, 2.75) is 6.92 Å².